The molecule has 16 heavy (non-hydrogen) atoms. The van der Waals surface area contributed by atoms with E-state index >= 15 is 0 Å². The number of nitrogens with one attached hydrogen (secondary N) is 1. The van der Waals surface area contributed by atoms with Gasteiger partial charge < -0.3 is 10.4 Å². The summed E-state index contributed by atoms with van der Waals surface area (Å²) in [7, 11) is 0. The molecule has 2 rings (SSSR count). The summed E-state index contributed by atoms with van der Waals surface area (Å²) in [4.78, 5) is 15.5. The van der Waals surface area contributed by atoms with Crippen LogP contribution in [0, 0.1) is 19.8 Å². The molecule has 86 valence electrons. The molecule has 0 bridgehead atoms. The van der Waals surface area contributed by atoms with E-state index in [9.17, 15) is 4.79 Å². The number of pyridine rings is 1. The van der Waals surface area contributed by atoms with E-state index in [1.54, 1.807) is 6.20 Å². The summed E-state index contributed by atoms with van der Waals surface area (Å²) in [5.41, 5.74) is 3.11. The Hall–Kier alpha value is -1.42. The summed E-state index contributed by atoms with van der Waals surface area (Å²) >= 11 is 0. The van der Waals surface area contributed by atoms with Crippen LogP contribution in [0.1, 0.15) is 22.7 Å². The van der Waals surface area contributed by atoms with Crippen LogP contribution in [0.25, 0.3) is 0 Å². The van der Waals surface area contributed by atoms with Crippen LogP contribution >= 0.6 is 0 Å². The largest absolute Gasteiger partial charge is 0.481 e. The summed E-state index contributed by atoms with van der Waals surface area (Å²) in [6.07, 6.45) is 1.81. The van der Waals surface area contributed by atoms with Gasteiger partial charge in [-0.25, -0.2) is 0 Å². The smallest absolute Gasteiger partial charge is 0.308 e. The third kappa shape index (κ3) is 1.93. The maximum absolute atomic E-state index is 11.1. The molecule has 0 radical (unpaired) electrons. The van der Waals surface area contributed by atoms with E-state index in [0.717, 1.165) is 16.8 Å². The van der Waals surface area contributed by atoms with Gasteiger partial charge in [-0.15, -0.1) is 0 Å². The maximum atomic E-state index is 11.1. The van der Waals surface area contributed by atoms with Crippen molar-refractivity contribution in [2.45, 2.75) is 19.8 Å². The molecule has 2 heterocycles. The lowest BCUT2D eigenvalue weighted by atomic mass is 9.90. The summed E-state index contributed by atoms with van der Waals surface area (Å²) in [5.74, 6) is -1.09. The van der Waals surface area contributed by atoms with Gasteiger partial charge in [-0.3, -0.25) is 9.78 Å². The molecule has 0 amide bonds. The Kier molecular flexibility index (Phi) is 2.92. The van der Waals surface area contributed by atoms with Gasteiger partial charge in [0.2, 0.25) is 0 Å². The lowest BCUT2D eigenvalue weighted by molar-refractivity contribution is -0.141. The molecule has 1 fully saturated rings. The SMILES string of the molecule is Cc1cnc(C2CNCC2C(=O)O)c(C)c1. The lowest BCUT2D eigenvalue weighted by Gasteiger charge is -2.16. The first-order valence-electron chi connectivity index (χ1n) is 5.46. The quantitative estimate of drug-likeness (QED) is 0.783. The van der Waals surface area contributed by atoms with Gasteiger partial charge in [0.25, 0.3) is 0 Å². The van der Waals surface area contributed by atoms with E-state index < -0.39 is 5.97 Å². The minimum Gasteiger partial charge on any atom is -0.481 e. The summed E-state index contributed by atoms with van der Waals surface area (Å²) in [6.45, 7) is 5.22. The number of nitrogens with zero attached hydrogens (tertiary/aromatic N) is 1. The fourth-order valence-electron chi connectivity index (χ4n) is 2.34. The number of carbonyl (C=O) groups is 1. The molecule has 1 aliphatic heterocycles. The van der Waals surface area contributed by atoms with Crippen molar-refractivity contribution in [2.75, 3.05) is 13.1 Å². The predicted octanol–water partition coefficient (Wildman–Crippen LogP) is 1.09. The van der Waals surface area contributed by atoms with Gasteiger partial charge in [0.05, 0.1) is 5.92 Å². The second kappa shape index (κ2) is 4.22. The van der Waals surface area contributed by atoms with Crippen LogP contribution in [-0.4, -0.2) is 29.1 Å². The average molecular weight is 220 g/mol. The minimum absolute atomic E-state index is 0.00176. The van der Waals surface area contributed by atoms with E-state index in [4.69, 9.17) is 5.11 Å². The van der Waals surface area contributed by atoms with Crippen molar-refractivity contribution < 1.29 is 9.90 Å². The topological polar surface area (TPSA) is 62.2 Å². The van der Waals surface area contributed by atoms with Crippen molar-refractivity contribution in [3.05, 3.63) is 29.1 Å². The van der Waals surface area contributed by atoms with E-state index in [-0.39, 0.29) is 11.8 Å². The van der Waals surface area contributed by atoms with Crippen molar-refractivity contribution >= 4 is 5.97 Å². The molecule has 0 aromatic carbocycles. The van der Waals surface area contributed by atoms with Crippen LogP contribution in [0.15, 0.2) is 12.3 Å². The fourth-order valence-corrected chi connectivity index (χ4v) is 2.34. The molecule has 1 aromatic rings. The Labute approximate surface area is 94.7 Å². The minimum atomic E-state index is -0.739. The van der Waals surface area contributed by atoms with Gasteiger partial charge in [-0.05, 0) is 25.0 Å². The first kappa shape index (κ1) is 11.1. The first-order chi connectivity index (χ1) is 7.59. The first-order valence-corrected chi connectivity index (χ1v) is 5.46. The van der Waals surface area contributed by atoms with Crippen molar-refractivity contribution in [1.82, 2.24) is 10.3 Å². The molecular weight excluding hydrogens is 204 g/mol. The van der Waals surface area contributed by atoms with Crippen LogP contribution in [0.3, 0.4) is 0 Å². The Morgan fingerprint density at radius 3 is 2.88 bits per heavy atom. The highest BCUT2D eigenvalue weighted by Gasteiger charge is 2.35. The average Bonchev–Trinajstić information content (AvgIpc) is 2.66. The number of aliphatic carboxylic acids is 1. The van der Waals surface area contributed by atoms with Gasteiger partial charge in [0.15, 0.2) is 0 Å². The van der Waals surface area contributed by atoms with Gasteiger partial charge in [-0.1, -0.05) is 6.07 Å². The number of hydrogen-bond donors (Lipinski definition) is 2. The predicted molar refractivity (Wildman–Crippen MR) is 60.4 cm³/mol. The standard InChI is InChI=1S/C12H16N2O2/c1-7-3-8(2)11(14-4-7)9-5-13-6-10(9)12(15)16/h3-4,9-10,13H,5-6H2,1-2H3,(H,15,16). The zero-order valence-corrected chi connectivity index (χ0v) is 9.53. The lowest BCUT2D eigenvalue weighted by Crippen LogP contribution is -2.22. The van der Waals surface area contributed by atoms with E-state index in [2.05, 4.69) is 16.4 Å². The van der Waals surface area contributed by atoms with Crippen LogP contribution in [0.4, 0.5) is 0 Å². The molecule has 2 unspecified atom stereocenters. The Bertz CT molecular complexity index is 417. The highest BCUT2D eigenvalue weighted by Crippen LogP contribution is 2.29. The van der Waals surface area contributed by atoms with Gasteiger partial charge in [-0.2, -0.15) is 0 Å². The Morgan fingerprint density at radius 1 is 1.50 bits per heavy atom. The number of carboxylic acids is 1. The number of aryl methyl sites for hydroxylation is 2. The number of rotatable bonds is 2. The van der Waals surface area contributed by atoms with Gasteiger partial charge >= 0.3 is 5.97 Å². The van der Waals surface area contributed by atoms with Crippen molar-refractivity contribution in [1.29, 1.82) is 0 Å². The van der Waals surface area contributed by atoms with E-state index in [1.165, 1.54) is 0 Å². The number of carboxylic acid groups (broad SMARTS) is 1. The van der Waals surface area contributed by atoms with Crippen LogP contribution in [-0.2, 0) is 4.79 Å². The molecule has 4 nitrogen and oxygen atoms in total. The van der Waals surface area contributed by atoms with Crippen LogP contribution in [0.2, 0.25) is 0 Å². The molecule has 1 aliphatic rings. The second-order valence-electron chi connectivity index (χ2n) is 4.42. The fraction of sp³-hybridized carbons (Fsp3) is 0.500. The molecule has 0 aliphatic carbocycles. The monoisotopic (exact) mass is 220 g/mol. The Morgan fingerprint density at radius 2 is 2.25 bits per heavy atom. The molecule has 0 saturated carbocycles. The van der Waals surface area contributed by atoms with Gasteiger partial charge in [0, 0.05) is 30.9 Å². The molecule has 4 heteroatoms. The molecule has 0 spiro atoms. The molecule has 1 aromatic heterocycles. The zero-order valence-electron chi connectivity index (χ0n) is 9.53. The van der Waals surface area contributed by atoms with E-state index in [0.29, 0.717) is 13.1 Å². The highest BCUT2D eigenvalue weighted by molar-refractivity contribution is 5.72. The molecule has 1 saturated heterocycles. The summed E-state index contributed by atoms with van der Waals surface area (Å²) < 4.78 is 0. The van der Waals surface area contributed by atoms with E-state index in [1.807, 2.05) is 13.8 Å². The normalized spacial score (nSPS) is 24.6. The summed E-state index contributed by atoms with van der Waals surface area (Å²) in [5, 5.41) is 12.2. The van der Waals surface area contributed by atoms with Crippen molar-refractivity contribution in [2.24, 2.45) is 5.92 Å². The van der Waals surface area contributed by atoms with Crippen molar-refractivity contribution in [3.8, 4) is 0 Å². The van der Waals surface area contributed by atoms with Crippen LogP contribution < -0.4 is 5.32 Å². The zero-order chi connectivity index (χ0) is 11.7. The second-order valence-corrected chi connectivity index (χ2v) is 4.42. The third-order valence-corrected chi connectivity index (χ3v) is 3.14. The molecule has 2 atom stereocenters. The third-order valence-electron chi connectivity index (χ3n) is 3.14. The van der Waals surface area contributed by atoms with Crippen LogP contribution in [0.5, 0.6) is 0 Å². The van der Waals surface area contributed by atoms with Crippen molar-refractivity contribution in [3.63, 3.8) is 0 Å². The van der Waals surface area contributed by atoms with Gasteiger partial charge in [0.1, 0.15) is 0 Å². The maximum Gasteiger partial charge on any atom is 0.308 e. The number of hydrogen-bond acceptors (Lipinski definition) is 3. The number of aromatic nitrogens is 1. The highest BCUT2D eigenvalue weighted by atomic mass is 16.4. The molecular formula is C12H16N2O2. The summed E-state index contributed by atoms with van der Waals surface area (Å²) in [6, 6.07) is 2.06. The molecule has 2 N–H and O–H groups in total. The Balaban J connectivity index is 2.32.